The number of ether oxygens (including phenoxy) is 3. The van der Waals surface area contributed by atoms with Crippen molar-refractivity contribution in [3.05, 3.63) is 0 Å². The summed E-state index contributed by atoms with van der Waals surface area (Å²) in [6.45, 7) is 16.7. The number of hydrogen-bond donors (Lipinski definition) is 4. The summed E-state index contributed by atoms with van der Waals surface area (Å²) in [5.74, 6) is -2.56. The van der Waals surface area contributed by atoms with E-state index in [2.05, 4.69) is 34.7 Å². The van der Waals surface area contributed by atoms with Crippen LogP contribution in [0.15, 0.2) is 0 Å². The lowest BCUT2D eigenvalue weighted by molar-refractivity contribution is -0.164. The maximum atomic E-state index is 14.0. The molecule has 2 aliphatic heterocycles. The maximum Gasteiger partial charge on any atom is 0.407 e. The summed E-state index contributed by atoms with van der Waals surface area (Å²) in [6.07, 6.45) is 3.27. The highest BCUT2D eigenvalue weighted by Crippen LogP contribution is 2.66. The molecule has 13 heteroatoms. The third kappa shape index (κ3) is 9.26. The molecule has 48 heavy (non-hydrogen) atoms. The predicted molar refractivity (Wildman–Crippen MR) is 176 cm³/mol. The number of amides is 3. The number of carbonyl (C=O) groups excluding carboxylic acids is 5. The number of piperidine rings is 1. The van der Waals surface area contributed by atoms with Gasteiger partial charge in [0.2, 0.25) is 11.7 Å². The number of rotatable bonds is 13. The van der Waals surface area contributed by atoms with Gasteiger partial charge in [0.1, 0.15) is 23.5 Å². The molecule has 8 atom stereocenters. The van der Waals surface area contributed by atoms with E-state index in [4.69, 9.17) is 14.2 Å². The van der Waals surface area contributed by atoms with Crippen LogP contribution in [-0.4, -0.2) is 101 Å². The van der Waals surface area contributed by atoms with E-state index >= 15 is 0 Å². The quantitative estimate of drug-likeness (QED) is 0.129. The van der Waals surface area contributed by atoms with Crippen molar-refractivity contribution in [3.63, 3.8) is 0 Å². The standard InChI is InChI=1S/C35H58N4O9/c1-10-14-21(26(41)29(43)36-17-22(40)31(44)47-33(2,3)4)37-28(42)25-23-20(35(23,8)9)18-39(25)30-27(46-30)24(19-15-12-11-13-16-19)38-32(45)48-34(5,6)7/h19-25,27,30,40H,10-18H2,1-9H3,(H,36,43)(H,37,42)(H,38,45)/t20-,21?,22?,23-,24-,25-,27?,30?/m0/s1. The molecule has 0 radical (unpaired) electrons. The van der Waals surface area contributed by atoms with Crippen molar-refractivity contribution < 1.29 is 43.3 Å². The van der Waals surface area contributed by atoms with Crippen molar-refractivity contribution in [3.8, 4) is 0 Å². The Morgan fingerprint density at radius 3 is 2.17 bits per heavy atom. The van der Waals surface area contributed by atoms with Gasteiger partial charge in [-0.1, -0.05) is 46.5 Å². The minimum absolute atomic E-state index is 0.0458. The van der Waals surface area contributed by atoms with Crippen LogP contribution in [0.1, 0.15) is 107 Å². The number of likely N-dealkylation sites (tertiary alicyclic amines) is 1. The van der Waals surface area contributed by atoms with E-state index < -0.39 is 59.7 Å². The Morgan fingerprint density at radius 1 is 0.958 bits per heavy atom. The number of hydrogen-bond acceptors (Lipinski definition) is 10. The van der Waals surface area contributed by atoms with Crippen LogP contribution in [0.2, 0.25) is 0 Å². The molecule has 4 rings (SSSR count). The van der Waals surface area contributed by atoms with E-state index in [1.807, 2.05) is 27.7 Å². The van der Waals surface area contributed by atoms with Gasteiger partial charge >= 0.3 is 12.1 Å². The lowest BCUT2D eigenvalue weighted by atomic mass is 9.82. The average molecular weight is 679 g/mol. The number of ketones is 1. The second-order valence-electron chi connectivity index (χ2n) is 16.6. The van der Waals surface area contributed by atoms with E-state index in [0.717, 1.165) is 32.1 Å². The van der Waals surface area contributed by atoms with Gasteiger partial charge in [0, 0.05) is 6.54 Å². The summed E-state index contributed by atoms with van der Waals surface area (Å²) in [4.78, 5) is 67.2. The highest BCUT2D eigenvalue weighted by atomic mass is 16.6. The van der Waals surface area contributed by atoms with Crippen LogP contribution in [0.3, 0.4) is 0 Å². The smallest absolute Gasteiger partial charge is 0.407 e. The van der Waals surface area contributed by atoms with E-state index in [1.54, 1.807) is 20.8 Å². The largest absolute Gasteiger partial charge is 0.458 e. The molecular weight excluding hydrogens is 620 g/mol. The van der Waals surface area contributed by atoms with Gasteiger partial charge < -0.3 is 35.3 Å². The zero-order valence-corrected chi connectivity index (χ0v) is 30.2. The molecule has 13 nitrogen and oxygen atoms in total. The molecule has 0 aromatic heterocycles. The molecule has 2 heterocycles. The second kappa shape index (κ2) is 14.6. The molecule has 272 valence electrons. The Bertz CT molecular complexity index is 1220. The number of fused-ring (bicyclic) bond motifs is 1. The minimum Gasteiger partial charge on any atom is -0.458 e. The summed E-state index contributed by atoms with van der Waals surface area (Å²) >= 11 is 0. The van der Waals surface area contributed by atoms with Crippen LogP contribution >= 0.6 is 0 Å². The highest BCUT2D eigenvalue weighted by molar-refractivity contribution is 6.38. The Morgan fingerprint density at radius 2 is 1.58 bits per heavy atom. The zero-order valence-electron chi connectivity index (χ0n) is 30.2. The molecular formula is C35H58N4O9. The number of nitrogens with zero attached hydrogens (tertiary/aromatic N) is 1. The number of aliphatic hydroxyl groups excluding tert-OH is 1. The van der Waals surface area contributed by atoms with Crippen LogP contribution in [-0.2, 0) is 33.4 Å². The molecule has 4 N–H and O–H groups in total. The van der Waals surface area contributed by atoms with Crippen molar-refractivity contribution >= 4 is 29.7 Å². The van der Waals surface area contributed by atoms with E-state index in [-0.39, 0.29) is 53.9 Å². The topological polar surface area (TPSA) is 176 Å². The Kier molecular flexibility index (Phi) is 11.6. The van der Waals surface area contributed by atoms with Crippen molar-refractivity contribution in [1.82, 2.24) is 20.9 Å². The van der Waals surface area contributed by atoms with Crippen LogP contribution in [0.4, 0.5) is 4.79 Å². The molecule has 0 aromatic rings. The number of nitrogens with one attached hydrogen (secondary N) is 3. The molecule has 0 aromatic carbocycles. The summed E-state index contributed by atoms with van der Waals surface area (Å²) in [7, 11) is 0. The SMILES string of the molecule is CCCC(NC(=O)[C@@H]1[C@@H]2[C@H](CN1C1OC1[C@@H](NC(=O)OC(C)(C)C)C1CCCCC1)C2(C)C)C(=O)C(=O)NCC(O)C(=O)OC(C)(C)C. The number of aliphatic hydroxyl groups is 1. The van der Waals surface area contributed by atoms with E-state index in [0.29, 0.717) is 13.0 Å². The van der Waals surface area contributed by atoms with Gasteiger partial charge in [-0.2, -0.15) is 0 Å². The van der Waals surface area contributed by atoms with Crippen molar-refractivity contribution in [2.24, 2.45) is 23.2 Å². The van der Waals surface area contributed by atoms with Crippen LogP contribution < -0.4 is 16.0 Å². The first kappa shape index (κ1) is 38.0. The summed E-state index contributed by atoms with van der Waals surface area (Å²) in [5.41, 5.74) is -1.54. The van der Waals surface area contributed by atoms with Crippen molar-refractivity contribution in [2.45, 2.75) is 155 Å². The molecule has 2 saturated carbocycles. The predicted octanol–water partition coefficient (Wildman–Crippen LogP) is 2.81. The highest BCUT2D eigenvalue weighted by Gasteiger charge is 2.71. The minimum atomic E-state index is -1.64. The lowest BCUT2D eigenvalue weighted by Gasteiger charge is -2.33. The van der Waals surface area contributed by atoms with Gasteiger partial charge in [-0.3, -0.25) is 19.3 Å². The van der Waals surface area contributed by atoms with Crippen molar-refractivity contribution in [2.75, 3.05) is 13.1 Å². The van der Waals surface area contributed by atoms with Gasteiger partial charge in [-0.15, -0.1) is 0 Å². The summed E-state index contributed by atoms with van der Waals surface area (Å²) in [6, 6.07) is -1.91. The van der Waals surface area contributed by atoms with Crippen molar-refractivity contribution in [1.29, 1.82) is 0 Å². The molecule has 0 bridgehead atoms. The third-order valence-corrected chi connectivity index (χ3v) is 10.1. The molecule has 4 unspecified atom stereocenters. The normalized spacial score (nSPS) is 28.7. The van der Waals surface area contributed by atoms with Gasteiger partial charge in [0.15, 0.2) is 6.10 Å². The third-order valence-electron chi connectivity index (χ3n) is 10.1. The molecule has 3 amide bonds. The lowest BCUT2D eigenvalue weighted by Crippen LogP contribution is -2.56. The zero-order chi connectivity index (χ0) is 35.8. The molecule has 2 aliphatic carbocycles. The van der Waals surface area contributed by atoms with Gasteiger partial charge in [-0.25, -0.2) is 9.59 Å². The Labute approximate surface area is 284 Å². The number of alkyl carbamates (subject to hydrolysis) is 1. The first-order valence-electron chi connectivity index (χ1n) is 17.7. The second-order valence-corrected chi connectivity index (χ2v) is 16.6. The van der Waals surface area contributed by atoms with Crippen LogP contribution in [0.25, 0.3) is 0 Å². The molecule has 4 fully saturated rings. The summed E-state index contributed by atoms with van der Waals surface area (Å²) < 4.78 is 17.0. The van der Waals surface area contributed by atoms with Crippen LogP contribution in [0, 0.1) is 23.2 Å². The Balaban J connectivity index is 1.43. The average Bonchev–Trinajstić information content (AvgIpc) is 3.81. The number of epoxide rings is 1. The first-order valence-corrected chi connectivity index (χ1v) is 17.7. The number of Topliss-reactive ketones (excluding diaryl/α,β-unsaturated/α-hetero) is 1. The maximum absolute atomic E-state index is 14.0. The molecule has 0 spiro atoms. The van der Waals surface area contributed by atoms with E-state index in [9.17, 15) is 29.1 Å². The van der Waals surface area contributed by atoms with Gasteiger partial charge in [-0.05, 0) is 84.0 Å². The van der Waals surface area contributed by atoms with E-state index in [1.165, 1.54) is 0 Å². The first-order chi connectivity index (χ1) is 22.2. The van der Waals surface area contributed by atoms with Gasteiger partial charge in [0.25, 0.3) is 5.91 Å². The fourth-order valence-electron chi connectivity index (χ4n) is 7.64. The molecule has 4 aliphatic rings. The fourth-order valence-corrected chi connectivity index (χ4v) is 7.64. The number of esters is 1. The van der Waals surface area contributed by atoms with Gasteiger partial charge in [0.05, 0.1) is 24.7 Å². The summed E-state index contributed by atoms with van der Waals surface area (Å²) in [5, 5.41) is 18.4. The fraction of sp³-hybridized carbons (Fsp3) is 0.857. The monoisotopic (exact) mass is 678 g/mol. The Hall–Kier alpha value is -2.77. The number of carbonyl (C=O) groups is 5. The molecule has 2 saturated heterocycles. The van der Waals surface area contributed by atoms with Crippen LogP contribution in [0.5, 0.6) is 0 Å².